The van der Waals surface area contributed by atoms with Crippen molar-refractivity contribution < 1.29 is 4.21 Å². The van der Waals surface area contributed by atoms with Crippen LogP contribution in [-0.2, 0) is 17.2 Å². The maximum atomic E-state index is 11.4. The Kier molecular flexibility index (Phi) is 4.93. The van der Waals surface area contributed by atoms with Gasteiger partial charge in [0.2, 0.25) is 0 Å². The van der Waals surface area contributed by atoms with Crippen LogP contribution >= 0.6 is 0 Å². The van der Waals surface area contributed by atoms with Crippen LogP contribution in [0.25, 0.3) is 0 Å². The molecule has 1 aliphatic rings. The van der Waals surface area contributed by atoms with Crippen molar-refractivity contribution in [3.05, 3.63) is 23.4 Å². The Bertz CT molecular complexity index is 454. The Balaban J connectivity index is 2.08. The van der Waals surface area contributed by atoms with Crippen LogP contribution in [0.15, 0.2) is 12.3 Å². The third kappa shape index (κ3) is 3.76. The van der Waals surface area contributed by atoms with E-state index in [9.17, 15) is 4.21 Å². The molecule has 0 radical (unpaired) electrons. The molecule has 1 atom stereocenters. The first-order valence-electron chi connectivity index (χ1n) is 6.91. The molecule has 1 aliphatic heterocycles. The number of hydrogen-bond acceptors (Lipinski definition) is 4. The van der Waals surface area contributed by atoms with Crippen molar-refractivity contribution in [2.45, 2.75) is 32.7 Å². The average molecular weight is 281 g/mol. The summed E-state index contributed by atoms with van der Waals surface area (Å²) < 4.78 is 11.4. The van der Waals surface area contributed by atoms with E-state index in [1.165, 1.54) is 11.1 Å². The number of anilines is 1. The van der Waals surface area contributed by atoms with E-state index in [-0.39, 0.29) is 6.04 Å². The van der Waals surface area contributed by atoms with Crippen LogP contribution in [0.3, 0.4) is 0 Å². The predicted octanol–water partition coefficient (Wildman–Crippen LogP) is 1.24. The molecule has 0 bridgehead atoms. The normalized spacial score (nSPS) is 18.6. The highest BCUT2D eigenvalue weighted by molar-refractivity contribution is 7.85. The second-order valence-electron chi connectivity index (χ2n) is 5.19. The summed E-state index contributed by atoms with van der Waals surface area (Å²) in [5.74, 6) is 2.54. The number of nitrogens with two attached hydrogens (primary N) is 1. The first-order chi connectivity index (χ1) is 9.10. The summed E-state index contributed by atoms with van der Waals surface area (Å²) in [6, 6.07) is 2.40. The van der Waals surface area contributed by atoms with Gasteiger partial charge in [0.05, 0.1) is 0 Å². The largest absolute Gasteiger partial charge is 0.355 e. The van der Waals surface area contributed by atoms with Gasteiger partial charge in [0.15, 0.2) is 0 Å². The van der Waals surface area contributed by atoms with E-state index >= 15 is 0 Å². The van der Waals surface area contributed by atoms with Crippen molar-refractivity contribution in [2.75, 3.05) is 29.5 Å². The van der Waals surface area contributed by atoms with Gasteiger partial charge in [-0.2, -0.15) is 0 Å². The molecule has 106 valence electrons. The summed E-state index contributed by atoms with van der Waals surface area (Å²) in [4.78, 5) is 6.82. The minimum absolute atomic E-state index is 0.212. The fourth-order valence-electron chi connectivity index (χ4n) is 2.37. The zero-order chi connectivity index (χ0) is 13.8. The molecule has 1 saturated heterocycles. The highest BCUT2D eigenvalue weighted by Crippen LogP contribution is 2.20. The van der Waals surface area contributed by atoms with Crippen LogP contribution in [0.4, 0.5) is 5.82 Å². The van der Waals surface area contributed by atoms with Crippen LogP contribution in [0, 0.1) is 6.92 Å². The predicted molar refractivity (Wildman–Crippen MR) is 81.0 cm³/mol. The van der Waals surface area contributed by atoms with Crippen LogP contribution in [-0.4, -0.2) is 39.8 Å². The Hall–Kier alpha value is -0.940. The molecule has 0 amide bonds. The topological polar surface area (TPSA) is 59.2 Å². The standard InChI is InChI=1S/C14H23N3OS/c1-3-13(15)9-12-8-11(2)14(16-10-12)17-4-6-19(18)7-5-17/h8,10,13H,3-7,9,15H2,1-2H3. The first kappa shape index (κ1) is 14.5. The van der Waals surface area contributed by atoms with Gasteiger partial charge in [0.25, 0.3) is 0 Å². The smallest absolute Gasteiger partial charge is 0.131 e. The van der Waals surface area contributed by atoms with Crippen LogP contribution < -0.4 is 10.6 Å². The molecular weight excluding hydrogens is 258 g/mol. The van der Waals surface area contributed by atoms with Crippen molar-refractivity contribution in [3.63, 3.8) is 0 Å². The molecule has 2 heterocycles. The molecule has 2 N–H and O–H groups in total. The Morgan fingerprint density at radius 2 is 2.16 bits per heavy atom. The van der Waals surface area contributed by atoms with Crippen LogP contribution in [0.5, 0.6) is 0 Å². The SMILES string of the molecule is CCC(N)Cc1cnc(N2CCS(=O)CC2)c(C)c1. The maximum absolute atomic E-state index is 11.4. The number of aromatic nitrogens is 1. The summed E-state index contributed by atoms with van der Waals surface area (Å²) in [6.07, 6.45) is 3.80. The maximum Gasteiger partial charge on any atom is 0.131 e. The van der Waals surface area contributed by atoms with Gasteiger partial charge in [0.1, 0.15) is 5.82 Å². The lowest BCUT2D eigenvalue weighted by atomic mass is 10.0. The molecule has 5 heteroatoms. The zero-order valence-corrected chi connectivity index (χ0v) is 12.6. The van der Waals surface area contributed by atoms with Gasteiger partial charge in [-0.05, 0) is 30.9 Å². The Morgan fingerprint density at radius 1 is 1.47 bits per heavy atom. The number of pyridine rings is 1. The van der Waals surface area contributed by atoms with E-state index < -0.39 is 10.8 Å². The van der Waals surface area contributed by atoms with Gasteiger partial charge in [-0.1, -0.05) is 13.0 Å². The lowest BCUT2D eigenvalue weighted by molar-refractivity contribution is 0.644. The zero-order valence-electron chi connectivity index (χ0n) is 11.8. The summed E-state index contributed by atoms with van der Waals surface area (Å²) in [6.45, 7) is 5.88. The van der Waals surface area contributed by atoms with Crippen LogP contribution in [0.2, 0.25) is 0 Å². The molecule has 0 aliphatic carbocycles. The monoisotopic (exact) mass is 281 g/mol. The molecular formula is C14H23N3OS. The fraction of sp³-hybridized carbons (Fsp3) is 0.643. The van der Waals surface area contributed by atoms with E-state index in [2.05, 4.69) is 29.8 Å². The Morgan fingerprint density at radius 3 is 2.74 bits per heavy atom. The third-order valence-corrected chi connectivity index (χ3v) is 4.88. The summed E-state index contributed by atoms with van der Waals surface area (Å²) in [5.41, 5.74) is 8.37. The molecule has 0 saturated carbocycles. The second kappa shape index (κ2) is 6.48. The number of hydrogen-bond donors (Lipinski definition) is 1. The van der Waals surface area contributed by atoms with E-state index in [0.29, 0.717) is 0 Å². The molecule has 1 aromatic heterocycles. The third-order valence-electron chi connectivity index (χ3n) is 3.61. The quantitative estimate of drug-likeness (QED) is 0.902. The molecule has 1 unspecified atom stereocenters. The van der Waals surface area contributed by atoms with Crippen molar-refractivity contribution in [1.29, 1.82) is 0 Å². The first-order valence-corrected chi connectivity index (χ1v) is 8.40. The Labute approximate surface area is 117 Å². The summed E-state index contributed by atoms with van der Waals surface area (Å²) >= 11 is 0. The summed E-state index contributed by atoms with van der Waals surface area (Å²) in [5, 5.41) is 0. The average Bonchev–Trinajstić information content (AvgIpc) is 2.40. The summed E-state index contributed by atoms with van der Waals surface area (Å²) in [7, 11) is -0.641. The minimum Gasteiger partial charge on any atom is -0.355 e. The fourth-order valence-corrected chi connectivity index (χ4v) is 3.42. The highest BCUT2D eigenvalue weighted by atomic mass is 32.2. The van der Waals surface area contributed by atoms with Crippen LogP contribution in [0.1, 0.15) is 24.5 Å². The molecule has 19 heavy (non-hydrogen) atoms. The second-order valence-corrected chi connectivity index (χ2v) is 6.89. The van der Waals surface area contributed by atoms with Crippen molar-refractivity contribution in [1.82, 2.24) is 4.98 Å². The van der Waals surface area contributed by atoms with Gasteiger partial charge in [-0.15, -0.1) is 0 Å². The molecule has 1 aromatic rings. The van der Waals surface area contributed by atoms with Gasteiger partial charge in [-0.25, -0.2) is 4.98 Å². The van der Waals surface area contributed by atoms with E-state index in [0.717, 1.165) is 43.3 Å². The van der Waals surface area contributed by atoms with Crippen molar-refractivity contribution in [2.24, 2.45) is 5.73 Å². The minimum atomic E-state index is -0.641. The van der Waals surface area contributed by atoms with Gasteiger partial charge < -0.3 is 10.6 Å². The highest BCUT2D eigenvalue weighted by Gasteiger charge is 2.18. The van der Waals surface area contributed by atoms with Gasteiger partial charge in [0, 0.05) is 47.6 Å². The molecule has 0 aromatic carbocycles. The van der Waals surface area contributed by atoms with E-state index in [1.54, 1.807) is 0 Å². The van der Waals surface area contributed by atoms with Gasteiger partial charge >= 0.3 is 0 Å². The number of rotatable bonds is 4. The van der Waals surface area contributed by atoms with E-state index in [1.807, 2.05) is 6.20 Å². The molecule has 1 fully saturated rings. The molecule has 4 nitrogen and oxygen atoms in total. The van der Waals surface area contributed by atoms with Crippen molar-refractivity contribution in [3.8, 4) is 0 Å². The lowest BCUT2D eigenvalue weighted by Gasteiger charge is -2.28. The number of aryl methyl sites for hydroxylation is 1. The van der Waals surface area contributed by atoms with Crippen molar-refractivity contribution >= 4 is 16.6 Å². The van der Waals surface area contributed by atoms with Gasteiger partial charge in [-0.3, -0.25) is 4.21 Å². The number of nitrogens with zero attached hydrogens (tertiary/aromatic N) is 2. The lowest BCUT2D eigenvalue weighted by Crippen LogP contribution is -2.38. The molecule has 0 spiro atoms. The van der Waals surface area contributed by atoms with E-state index in [4.69, 9.17) is 5.73 Å². The molecule has 2 rings (SSSR count).